The summed E-state index contributed by atoms with van der Waals surface area (Å²) in [5.41, 5.74) is 0.714. The molecule has 4 amide bonds. The Morgan fingerprint density at radius 1 is 0.720 bits per heavy atom. The van der Waals surface area contributed by atoms with Gasteiger partial charge in [-0.3, -0.25) is 4.79 Å². The lowest BCUT2D eigenvalue weighted by Gasteiger charge is -2.26. The molecule has 24 nitrogen and oxygen atoms in total. The summed E-state index contributed by atoms with van der Waals surface area (Å²) in [5.74, 6) is 0.264. The Balaban J connectivity index is 1.59. The number of tetrazole rings is 1. The Bertz CT molecular complexity index is 3160. The summed E-state index contributed by atoms with van der Waals surface area (Å²) in [6.07, 6.45) is -3.95. The predicted molar refractivity (Wildman–Crippen MR) is 272 cm³/mol. The fourth-order valence-corrected chi connectivity index (χ4v) is 10.7. The van der Waals surface area contributed by atoms with Gasteiger partial charge >= 0.3 is 18.3 Å². The molecule has 1 aromatic heterocycles. The van der Waals surface area contributed by atoms with Crippen molar-refractivity contribution in [2.75, 3.05) is 46.3 Å². The van der Waals surface area contributed by atoms with Crippen LogP contribution in [0.25, 0.3) is 22.5 Å². The lowest BCUT2D eigenvalue weighted by Crippen LogP contribution is -2.50. The van der Waals surface area contributed by atoms with Crippen molar-refractivity contribution in [3.8, 4) is 39.8 Å². The second kappa shape index (κ2) is 24.6. The summed E-state index contributed by atoms with van der Waals surface area (Å²) in [7, 11) is -5.50. The minimum Gasteiger partial charge on any atom is -0.497 e. The maximum absolute atomic E-state index is 16.1. The number of hydrogen-bond donors (Lipinski definition) is 7. The van der Waals surface area contributed by atoms with Gasteiger partial charge in [-0.1, -0.05) is 54.6 Å². The number of carbonyl (C=O) groups is 4. The van der Waals surface area contributed by atoms with Crippen LogP contribution in [0.15, 0.2) is 119 Å². The van der Waals surface area contributed by atoms with Crippen LogP contribution < -0.4 is 40.2 Å². The zero-order chi connectivity index (χ0) is 54.5. The Morgan fingerprint density at radius 2 is 1.29 bits per heavy atom. The highest BCUT2D eigenvalue weighted by Gasteiger charge is 2.38. The van der Waals surface area contributed by atoms with E-state index in [-0.39, 0.29) is 54.4 Å². The van der Waals surface area contributed by atoms with Crippen molar-refractivity contribution in [3.63, 3.8) is 0 Å². The molecule has 75 heavy (non-hydrogen) atoms. The quantitative estimate of drug-likeness (QED) is 0.0410. The van der Waals surface area contributed by atoms with E-state index in [1.54, 1.807) is 93.6 Å². The summed E-state index contributed by atoms with van der Waals surface area (Å²) in [6, 6.07) is 26.8. The molecule has 0 spiro atoms. The average molecular weight is 1070 g/mol. The van der Waals surface area contributed by atoms with Crippen LogP contribution in [0.3, 0.4) is 0 Å². The molecule has 6 aromatic rings. The van der Waals surface area contributed by atoms with Crippen LogP contribution in [0, 0.1) is 0 Å². The van der Waals surface area contributed by atoms with Crippen LogP contribution in [-0.4, -0.2) is 128 Å². The normalized spacial score (nSPS) is 12.0. The van der Waals surface area contributed by atoms with Gasteiger partial charge in [-0.25, -0.2) is 35.9 Å². The lowest BCUT2D eigenvalue weighted by atomic mass is 9.98. The number of aromatic nitrogens is 4. The van der Waals surface area contributed by atoms with E-state index >= 15 is 8.42 Å². The van der Waals surface area contributed by atoms with Gasteiger partial charge in [0.2, 0.25) is 31.8 Å². The fraction of sp³-hybridized carbons (Fsp3) is 0.286. The molecule has 5 aromatic carbocycles. The van der Waals surface area contributed by atoms with Crippen molar-refractivity contribution in [1.29, 1.82) is 0 Å². The highest BCUT2D eigenvalue weighted by Crippen LogP contribution is 2.42. The molecule has 0 saturated carbocycles. The molecule has 0 aliphatic rings. The van der Waals surface area contributed by atoms with Crippen LogP contribution in [0.4, 0.5) is 20.1 Å². The number of sulfonamides is 2. The monoisotopic (exact) mass is 1070 g/mol. The van der Waals surface area contributed by atoms with Crippen molar-refractivity contribution in [1.82, 2.24) is 45.2 Å². The van der Waals surface area contributed by atoms with Crippen molar-refractivity contribution >= 4 is 49.9 Å². The standard InChI is InChI=1S/C49H56N10O14S2/c1-49(2,3)73-48(65)50-24-25-52-74(66,67)41-23-22-39(34-8-7-9-35(26-34)53-45(60)40(54-47(63)64)27-51-46(61)62)42(44-55-57-59(56-44)30-33-14-20-38(72-6)21-15-33)43(41)75(68,69)58(28-31-10-16-36(70-4)17-11-31)29-32-12-18-37(71-5)19-13-32/h7-23,26,40,51-52,54H,24-25,27-30H2,1-6H3,(H,50,65)(H,53,60)(H,61,62)(H,63,64)/t40-/m0/s1. The number of benzene rings is 5. The lowest BCUT2D eigenvalue weighted by molar-refractivity contribution is -0.117. The number of methoxy groups -OCH3 is 3. The number of rotatable bonds is 23. The van der Waals surface area contributed by atoms with Crippen molar-refractivity contribution in [3.05, 3.63) is 126 Å². The van der Waals surface area contributed by atoms with Crippen molar-refractivity contribution in [2.24, 2.45) is 0 Å². The number of hydrogen-bond acceptors (Lipinski definition) is 15. The van der Waals surface area contributed by atoms with Gasteiger partial charge in [0.05, 0.1) is 40.0 Å². The highest BCUT2D eigenvalue weighted by molar-refractivity contribution is 7.92. The van der Waals surface area contributed by atoms with Crippen LogP contribution in [0.2, 0.25) is 0 Å². The molecular formula is C49H56N10O14S2. The third-order valence-electron chi connectivity index (χ3n) is 10.8. The van der Waals surface area contributed by atoms with Crippen LogP contribution in [-0.2, 0) is 49.2 Å². The zero-order valence-electron chi connectivity index (χ0n) is 41.6. The summed E-state index contributed by atoms with van der Waals surface area (Å²) in [4.78, 5) is 48.5. The Labute approximate surface area is 432 Å². The van der Waals surface area contributed by atoms with Gasteiger partial charge in [0.1, 0.15) is 38.7 Å². The first-order valence-electron chi connectivity index (χ1n) is 22.8. The largest absolute Gasteiger partial charge is 0.497 e. The Morgan fingerprint density at radius 3 is 1.83 bits per heavy atom. The molecule has 1 atom stereocenters. The first-order chi connectivity index (χ1) is 35.6. The number of nitrogens with zero attached hydrogens (tertiary/aromatic N) is 5. The summed E-state index contributed by atoms with van der Waals surface area (Å²) < 4.78 is 86.6. The smallest absolute Gasteiger partial charge is 0.407 e. The van der Waals surface area contributed by atoms with Gasteiger partial charge in [-0.05, 0) is 108 Å². The molecule has 0 unspecified atom stereocenters. The van der Waals surface area contributed by atoms with E-state index in [0.29, 0.717) is 33.9 Å². The van der Waals surface area contributed by atoms with E-state index < -0.39 is 78.8 Å². The van der Waals surface area contributed by atoms with Crippen LogP contribution in [0.5, 0.6) is 17.2 Å². The maximum atomic E-state index is 16.1. The van der Waals surface area contributed by atoms with E-state index in [2.05, 4.69) is 30.8 Å². The summed E-state index contributed by atoms with van der Waals surface area (Å²) >= 11 is 0. The maximum Gasteiger partial charge on any atom is 0.407 e. The second-order valence-electron chi connectivity index (χ2n) is 17.4. The Hall–Kier alpha value is -8.33. The predicted octanol–water partition coefficient (Wildman–Crippen LogP) is 5.12. The molecule has 0 fully saturated rings. The molecule has 26 heteroatoms. The SMILES string of the molecule is COc1ccc(CN(Cc2ccc(OC)cc2)S(=O)(=O)c2c(S(=O)(=O)NCCNC(=O)OC(C)(C)C)ccc(-c3cccc(NC(=O)[C@H](CNC(=O)O)NC(=O)O)c3)c2-c2nnn(Cc3ccc(OC)cc3)n2)cc1. The number of nitrogens with one attached hydrogen (secondary N) is 5. The number of carbonyl (C=O) groups excluding carboxylic acids is 2. The van der Waals surface area contributed by atoms with E-state index in [0.717, 1.165) is 10.4 Å². The molecule has 1 heterocycles. The molecule has 0 bridgehead atoms. The van der Waals surface area contributed by atoms with Gasteiger partial charge in [0, 0.05) is 31.9 Å². The van der Waals surface area contributed by atoms with Gasteiger partial charge in [0.25, 0.3) is 0 Å². The van der Waals surface area contributed by atoms with E-state index in [1.807, 2.05) is 10.6 Å². The molecule has 0 aliphatic carbocycles. The topological polar surface area (TPSA) is 321 Å². The third kappa shape index (κ3) is 15.4. The molecule has 398 valence electrons. The molecule has 6 rings (SSSR count). The third-order valence-corrected chi connectivity index (χ3v) is 14.3. The van der Waals surface area contributed by atoms with Gasteiger partial charge in [0.15, 0.2) is 0 Å². The summed E-state index contributed by atoms with van der Waals surface area (Å²) in [5, 5.41) is 40.8. The van der Waals surface area contributed by atoms with E-state index in [4.69, 9.17) is 24.1 Å². The van der Waals surface area contributed by atoms with Crippen LogP contribution in [0.1, 0.15) is 37.5 Å². The van der Waals surface area contributed by atoms with Crippen molar-refractivity contribution < 1.29 is 65.2 Å². The first-order valence-corrected chi connectivity index (χ1v) is 25.7. The fourth-order valence-electron chi connectivity index (χ4n) is 7.31. The molecule has 0 aliphatic heterocycles. The number of carboxylic acid groups (broad SMARTS) is 2. The highest BCUT2D eigenvalue weighted by atomic mass is 32.2. The molecule has 0 radical (unpaired) electrons. The number of anilines is 1. The number of ether oxygens (including phenoxy) is 4. The van der Waals surface area contributed by atoms with Crippen LogP contribution >= 0.6 is 0 Å². The van der Waals surface area contributed by atoms with Crippen molar-refractivity contribution in [2.45, 2.75) is 61.8 Å². The Kier molecular flexibility index (Phi) is 18.4. The summed E-state index contributed by atoms with van der Waals surface area (Å²) in [6.45, 7) is 3.04. The first kappa shape index (κ1) is 56.0. The van der Waals surface area contributed by atoms with Gasteiger partial charge in [-0.2, -0.15) is 9.10 Å². The molecular weight excluding hydrogens is 1020 g/mol. The van der Waals surface area contributed by atoms with E-state index in [9.17, 15) is 32.7 Å². The number of alkyl carbamates (subject to hydrolysis) is 1. The molecule has 0 saturated heterocycles. The second-order valence-corrected chi connectivity index (χ2v) is 21.0. The number of amides is 4. The van der Waals surface area contributed by atoms with Gasteiger partial charge < -0.3 is 50.4 Å². The van der Waals surface area contributed by atoms with Gasteiger partial charge in [-0.15, -0.1) is 10.2 Å². The van der Waals surface area contributed by atoms with E-state index in [1.165, 1.54) is 56.5 Å². The zero-order valence-corrected chi connectivity index (χ0v) is 43.2. The minimum atomic E-state index is -5.10. The minimum absolute atomic E-state index is 0.0173. The average Bonchev–Trinajstić information content (AvgIpc) is 3.84. The molecule has 7 N–H and O–H groups in total.